The Hall–Kier alpha value is -4.34. The highest BCUT2D eigenvalue weighted by Crippen LogP contribution is 2.35. The molecule has 5 aromatic rings. The topological polar surface area (TPSA) is 92.2 Å². The number of tetrazole rings is 1. The normalized spacial score (nSPS) is 17.7. The first-order valence-corrected chi connectivity index (χ1v) is 15.8. The lowest BCUT2D eigenvalue weighted by atomic mass is 9.94. The van der Waals surface area contributed by atoms with Gasteiger partial charge >= 0.3 is 0 Å². The third kappa shape index (κ3) is 5.65. The molecule has 2 fully saturated rings. The summed E-state index contributed by atoms with van der Waals surface area (Å²) in [5, 5.41) is 14.2. The van der Waals surface area contributed by atoms with E-state index in [0.717, 1.165) is 61.5 Å². The van der Waals surface area contributed by atoms with Crippen LogP contribution in [0.2, 0.25) is 0 Å². The molecule has 1 aliphatic carbocycles. The van der Waals surface area contributed by atoms with Crippen LogP contribution in [-0.4, -0.2) is 68.3 Å². The van der Waals surface area contributed by atoms with Crippen LogP contribution in [0.4, 0.5) is 0 Å². The lowest BCUT2D eigenvalue weighted by Crippen LogP contribution is -2.50. The van der Waals surface area contributed by atoms with E-state index in [9.17, 15) is 4.79 Å². The number of H-pyrrole nitrogens is 1. The van der Waals surface area contributed by atoms with E-state index in [1.54, 1.807) is 7.11 Å². The monoisotopic (exact) mass is 589 g/mol. The van der Waals surface area contributed by atoms with Crippen LogP contribution in [-0.2, 0) is 0 Å². The third-order valence-electron chi connectivity index (χ3n) is 9.37. The second-order valence-electron chi connectivity index (χ2n) is 12.0. The SMILES string of the molecule is COc1ccc2[nH]c(=O)c([C@H](c3nnnn3C3CCCCC3)N3CCN(C(c4ccccc4)c4ccccc4)CC3)cc2c1. The average molecular weight is 590 g/mol. The zero-order valence-electron chi connectivity index (χ0n) is 25.2. The van der Waals surface area contributed by atoms with Crippen molar-refractivity contribution in [2.45, 2.75) is 50.2 Å². The number of ether oxygens (including phenoxy) is 1. The van der Waals surface area contributed by atoms with Crippen LogP contribution < -0.4 is 10.3 Å². The quantitative estimate of drug-likeness (QED) is 0.255. The van der Waals surface area contributed by atoms with Gasteiger partial charge in [-0.25, -0.2) is 4.68 Å². The zero-order valence-corrected chi connectivity index (χ0v) is 25.2. The Morgan fingerprint density at radius 3 is 2.07 bits per heavy atom. The maximum absolute atomic E-state index is 13.8. The number of hydrogen-bond acceptors (Lipinski definition) is 7. The van der Waals surface area contributed by atoms with Crippen LogP contribution >= 0.6 is 0 Å². The van der Waals surface area contributed by atoms with Gasteiger partial charge in [-0.15, -0.1) is 5.10 Å². The number of nitrogens with one attached hydrogen (secondary N) is 1. The van der Waals surface area contributed by atoms with E-state index in [-0.39, 0.29) is 23.7 Å². The number of nitrogens with zero attached hydrogens (tertiary/aromatic N) is 6. The minimum Gasteiger partial charge on any atom is -0.497 e. The van der Waals surface area contributed by atoms with Crippen molar-refractivity contribution in [1.82, 2.24) is 35.0 Å². The van der Waals surface area contributed by atoms with Crippen LogP contribution in [0.5, 0.6) is 5.75 Å². The summed E-state index contributed by atoms with van der Waals surface area (Å²) in [6, 6.07) is 29.2. The Morgan fingerprint density at radius 2 is 1.43 bits per heavy atom. The molecule has 0 bridgehead atoms. The van der Waals surface area contributed by atoms with Crippen LogP contribution in [0.3, 0.4) is 0 Å². The molecule has 9 nitrogen and oxygen atoms in total. The smallest absolute Gasteiger partial charge is 0.253 e. The highest BCUT2D eigenvalue weighted by molar-refractivity contribution is 5.80. The summed E-state index contributed by atoms with van der Waals surface area (Å²) < 4.78 is 7.52. The van der Waals surface area contributed by atoms with Gasteiger partial charge in [0.15, 0.2) is 5.82 Å². The van der Waals surface area contributed by atoms with Crippen molar-refractivity contribution >= 4 is 10.9 Å². The molecule has 44 heavy (non-hydrogen) atoms. The molecule has 226 valence electrons. The number of benzene rings is 3. The van der Waals surface area contributed by atoms with Gasteiger partial charge in [0.1, 0.15) is 11.8 Å². The highest BCUT2D eigenvalue weighted by Gasteiger charge is 2.36. The zero-order chi connectivity index (χ0) is 29.9. The average Bonchev–Trinajstić information content (AvgIpc) is 3.57. The summed E-state index contributed by atoms with van der Waals surface area (Å²) in [6.07, 6.45) is 5.70. The Balaban J connectivity index is 1.25. The van der Waals surface area contributed by atoms with Crippen molar-refractivity contribution in [2.24, 2.45) is 0 Å². The van der Waals surface area contributed by atoms with E-state index < -0.39 is 0 Å². The van der Waals surface area contributed by atoms with E-state index >= 15 is 0 Å². The standard InChI is InChI=1S/C35H39N7O2/c1-44-29-17-18-31-27(23-29)24-30(35(43)36-31)33(34-37-38-39-42(34)28-15-9-4-10-16-28)41-21-19-40(20-22-41)32(25-11-5-2-6-12-25)26-13-7-3-8-14-26/h2-3,5-8,11-14,17-18,23-24,28,32-33H,4,9-10,15-16,19-22H2,1H3,(H,36,43)/t33-/m1/s1. The van der Waals surface area contributed by atoms with Crippen molar-refractivity contribution in [1.29, 1.82) is 0 Å². The fraction of sp³-hybridized carbons (Fsp3) is 0.371. The third-order valence-corrected chi connectivity index (χ3v) is 9.37. The van der Waals surface area contributed by atoms with Crippen molar-refractivity contribution in [3.05, 3.63) is 118 Å². The lowest BCUT2D eigenvalue weighted by molar-refractivity contribution is 0.0845. The van der Waals surface area contributed by atoms with Gasteiger partial charge in [-0.05, 0) is 58.7 Å². The number of aromatic amines is 1. The van der Waals surface area contributed by atoms with Gasteiger partial charge in [0.2, 0.25) is 0 Å². The number of aromatic nitrogens is 5. The molecule has 0 spiro atoms. The largest absolute Gasteiger partial charge is 0.497 e. The Labute approximate surface area is 257 Å². The number of hydrogen-bond donors (Lipinski definition) is 1. The predicted octanol–water partition coefficient (Wildman–Crippen LogP) is 5.53. The Bertz CT molecular complexity index is 1700. The van der Waals surface area contributed by atoms with Crippen LogP contribution in [0.1, 0.15) is 72.7 Å². The number of piperazine rings is 1. The van der Waals surface area contributed by atoms with Crippen LogP contribution in [0.25, 0.3) is 10.9 Å². The van der Waals surface area contributed by atoms with Gasteiger partial charge in [0, 0.05) is 42.6 Å². The fourth-order valence-electron chi connectivity index (χ4n) is 7.14. The molecular formula is C35H39N7O2. The molecule has 3 heterocycles. The molecule has 1 atom stereocenters. The van der Waals surface area contributed by atoms with Gasteiger partial charge in [0.05, 0.1) is 19.2 Å². The predicted molar refractivity (Wildman–Crippen MR) is 171 cm³/mol. The van der Waals surface area contributed by atoms with E-state index in [1.165, 1.54) is 30.4 Å². The first kappa shape index (κ1) is 28.4. The molecule has 0 unspecified atom stereocenters. The Morgan fingerprint density at radius 1 is 0.795 bits per heavy atom. The van der Waals surface area contributed by atoms with Crippen molar-refractivity contribution in [2.75, 3.05) is 33.3 Å². The second-order valence-corrected chi connectivity index (χ2v) is 12.0. The minimum absolute atomic E-state index is 0.111. The molecule has 1 saturated heterocycles. The molecule has 0 radical (unpaired) electrons. The molecule has 3 aromatic carbocycles. The first-order valence-electron chi connectivity index (χ1n) is 15.8. The maximum atomic E-state index is 13.8. The molecule has 7 rings (SSSR count). The lowest BCUT2D eigenvalue weighted by Gasteiger charge is -2.42. The van der Waals surface area contributed by atoms with Gasteiger partial charge < -0.3 is 9.72 Å². The summed E-state index contributed by atoms with van der Waals surface area (Å²) in [4.78, 5) is 21.9. The van der Waals surface area contributed by atoms with E-state index in [2.05, 4.69) is 91.0 Å². The van der Waals surface area contributed by atoms with Gasteiger partial charge in [0.25, 0.3) is 5.56 Å². The molecule has 1 saturated carbocycles. The summed E-state index contributed by atoms with van der Waals surface area (Å²) in [5.41, 5.74) is 3.90. The van der Waals surface area contributed by atoms with Gasteiger partial charge in [-0.1, -0.05) is 79.9 Å². The van der Waals surface area contributed by atoms with Crippen LogP contribution in [0.15, 0.2) is 89.7 Å². The van der Waals surface area contributed by atoms with Crippen molar-refractivity contribution < 1.29 is 4.74 Å². The molecule has 1 N–H and O–H groups in total. The van der Waals surface area contributed by atoms with E-state index in [4.69, 9.17) is 4.74 Å². The number of rotatable bonds is 8. The first-order chi connectivity index (χ1) is 21.7. The summed E-state index contributed by atoms with van der Waals surface area (Å²) in [5.74, 6) is 1.50. The molecular weight excluding hydrogens is 550 g/mol. The second kappa shape index (κ2) is 12.7. The highest BCUT2D eigenvalue weighted by atomic mass is 16.5. The number of fused-ring (bicyclic) bond motifs is 1. The van der Waals surface area contributed by atoms with Gasteiger partial charge in [-0.3, -0.25) is 14.6 Å². The van der Waals surface area contributed by atoms with Crippen LogP contribution in [0, 0.1) is 0 Å². The molecule has 0 amide bonds. The molecule has 2 aromatic heterocycles. The van der Waals surface area contributed by atoms with Crippen molar-refractivity contribution in [3.63, 3.8) is 0 Å². The number of pyridine rings is 1. The summed E-state index contributed by atoms with van der Waals surface area (Å²) in [7, 11) is 1.66. The van der Waals surface area contributed by atoms with E-state index in [0.29, 0.717) is 5.56 Å². The summed E-state index contributed by atoms with van der Waals surface area (Å²) in [6.45, 7) is 3.23. The summed E-state index contributed by atoms with van der Waals surface area (Å²) >= 11 is 0. The van der Waals surface area contributed by atoms with Gasteiger partial charge in [-0.2, -0.15) is 0 Å². The Kier molecular flexibility index (Phi) is 8.22. The molecule has 1 aliphatic heterocycles. The molecule has 9 heteroatoms. The van der Waals surface area contributed by atoms with Crippen molar-refractivity contribution in [3.8, 4) is 5.75 Å². The minimum atomic E-state index is -0.375. The van der Waals surface area contributed by atoms with E-state index in [1.807, 2.05) is 28.9 Å². The molecule has 2 aliphatic rings. The maximum Gasteiger partial charge on any atom is 0.253 e. The number of methoxy groups -OCH3 is 1. The fourth-order valence-corrected chi connectivity index (χ4v) is 7.14.